The number of nitrogens with two attached hydrogens (primary N) is 1. The smallest absolute Gasteiger partial charge is 0.226 e. The summed E-state index contributed by atoms with van der Waals surface area (Å²) < 4.78 is 0. The Hall–Kier alpha value is -2.24. The van der Waals surface area contributed by atoms with Gasteiger partial charge in [-0.15, -0.1) is 0 Å². The van der Waals surface area contributed by atoms with Gasteiger partial charge >= 0.3 is 0 Å². The zero-order chi connectivity index (χ0) is 16.4. The van der Waals surface area contributed by atoms with Crippen molar-refractivity contribution in [1.29, 1.82) is 0 Å². The number of nitrogen functional groups attached to an aromatic ring is 1. The fourth-order valence-electron chi connectivity index (χ4n) is 3.74. The first-order valence-electron chi connectivity index (χ1n) is 9.01. The predicted molar refractivity (Wildman–Crippen MR) is 94.7 cm³/mol. The molecule has 1 aliphatic heterocycles. The third-order valence-electron chi connectivity index (χ3n) is 5.11. The standard InChI is InChI=1S/C18H24N6/c19-17-20-11-14(12-21-17)16-10-15(13-6-2-1-3-7-13)22-18(23-16)24-8-4-5-9-24/h10-13H,1-9H2,(H2,19,20,21). The molecule has 0 spiro atoms. The van der Waals surface area contributed by atoms with E-state index >= 15 is 0 Å². The molecule has 0 radical (unpaired) electrons. The molecule has 1 aliphatic carbocycles. The Morgan fingerprint density at radius 3 is 2.33 bits per heavy atom. The van der Waals surface area contributed by atoms with E-state index in [9.17, 15) is 0 Å². The molecule has 0 bridgehead atoms. The third kappa shape index (κ3) is 3.18. The summed E-state index contributed by atoms with van der Waals surface area (Å²) in [5.74, 6) is 1.71. The average Bonchev–Trinajstić information content (AvgIpc) is 3.17. The second-order valence-corrected chi connectivity index (χ2v) is 6.84. The Balaban J connectivity index is 1.73. The molecule has 2 aromatic heterocycles. The van der Waals surface area contributed by atoms with Gasteiger partial charge in [-0.25, -0.2) is 19.9 Å². The van der Waals surface area contributed by atoms with Crippen LogP contribution in [0.2, 0.25) is 0 Å². The van der Waals surface area contributed by atoms with Crippen molar-refractivity contribution in [2.75, 3.05) is 23.7 Å². The Morgan fingerprint density at radius 1 is 0.917 bits per heavy atom. The number of aromatic nitrogens is 4. The van der Waals surface area contributed by atoms with E-state index < -0.39 is 0 Å². The van der Waals surface area contributed by atoms with Gasteiger partial charge in [0, 0.05) is 42.7 Å². The Bertz CT molecular complexity index is 687. The fraction of sp³-hybridized carbons (Fsp3) is 0.556. The van der Waals surface area contributed by atoms with Crippen LogP contribution in [-0.2, 0) is 0 Å². The molecule has 6 heteroatoms. The lowest BCUT2D eigenvalue weighted by molar-refractivity contribution is 0.436. The summed E-state index contributed by atoms with van der Waals surface area (Å²) in [7, 11) is 0. The van der Waals surface area contributed by atoms with Gasteiger partial charge in [0.25, 0.3) is 0 Å². The molecule has 2 aliphatic rings. The molecule has 2 fully saturated rings. The second-order valence-electron chi connectivity index (χ2n) is 6.84. The summed E-state index contributed by atoms with van der Waals surface area (Å²) in [5.41, 5.74) is 8.61. The first-order chi connectivity index (χ1) is 11.8. The molecule has 6 nitrogen and oxygen atoms in total. The highest BCUT2D eigenvalue weighted by Crippen LogP contribution is 2.34. The first kappa shape index (κ1) is 15.3. The molecular weight excluding hydrogens is 300 g/mol. The highest BCUT2D eigenvalue weighted by Gasteiger charge is 2.22. The molecule has 0 amide bonds. The molecule has 4 rings (SSSR count). The zero-order valence-corrected chi connectivity index (χ0v) is 14.0. The number of hydrogen-bond donors (Lipinski definition) is 1. The van der Waals surface area contributed by atoms with Gasteiger partial charge in [-0.1, -0.05) is 19.3 Å². The maximum Gasteiger partial charge on any atom is 0.226 e. The summed E-state index contributed by atoms with van der Waals surface area (Å²) in [4.78, 5) is 20.3. The van der Waals surface area contributed by atoms with Crippen molar-refractivity contribution in [3.8, 4) is 11.3 Å². The lowest BCUT2D eigenvalue weighted by atomic mass is 9.86. The van der Waals surface area contributed by atoms with Crippen LogP contribution in [0.15, 0.2) is 18.5 Å². The molecule has 0 aromatic carbocycles. The van der Waals surface area contributed by atoms with E-state index in [0.717, 1.165) is 30.3 Å². The highest BCUT2D eigenvalue weighted by atomic mass is 15.3. The lowest BCUT2D eigenvalue weighted by Crippen LogP contribution is -2.22. The van der Waals surface area contributed by atoms with Crippen LogP contribution in [0.25, 0.3) is 11.3 Å². The summed E-state index contributed by atoms with van der Waals surface area (Å²) in [6, 6.07) is 2.13. The third-order valence-corrected chi connectivity index (χ3v) is 5.11. The summed E-state index contributed by atoms with van der Waals surface area (Å²) in [5, 5.41) is 0. The number of anilines is 2. The van der Waals surface area contributed by atoms with Crippen LogP contribution in [-0.4, -0.2) is 33.0 Å². The minimum absolute atomic E-state index is 0.292. The van der Waals surface area contributed by atoms with Crippen molar-refractivity contribution in [3.63, 3.8) is 0 Å². The van der Waals surface area contributed by atoms with E-state index in [2.05, 4.69) is 20.9 Å². The molecule has 1 saturated heterocycles. The van der Waals surface area contributed by atoms with Crippen LogP contribution in [0.3, 0.4) is 0 Å². The molecule has 2 aromatic rings. The predicted octanol–water partition coefficient (Wildman–Crippen LogP) is 3.16. The first-order valence-corrected chi connectivity index (χ1v) is 9.01. The fourth-order valence-corrected chi connectivity index (χ4v) is 3.74. The molecule has 0 unspecified atom stereocenters. The topological polar surface area (TPSA) is 80.8 Å². The van der Waals surface area contributed by atoms with Crippen LogP contribution in [0.4, 0.5) is 11.9 Å². The van der Waals surface area contributed by atoms with Crippen molar-refractivity contribution in [1.82, 2.24) is 19.9 Å². The number of rotatable bonds is 3. The molecular formula is C18H24N6. The van der Waals surface area contributed by atoms with Crippen molar-refractivity contribution in [2.45, 2.75) is 50.9 Å². The van der Waals surface area contributed by atoms with Crippen molar-refractivity contribution in [2.24, 2.45) is 0 Å². The largest absolute Gasteiger partial charge is 0.368 e. The normalized spacial score (nSPS) is 18.9. The Morgan fingerprint density at radius 2 is 1.62 bits per heavy atom. The van der Waals surface area contributed by atoms with Gasteiger partial charge in [0.05, 0.1) is 5.69 Å². The summed E-state index contributed by atoms with van der Waals surface area (Å²) in [6.07, 6.45) is 12.4. The minimum atomic E-state index is 0.292. The molecule has 3 heterocycles. The van der Waals surface area contributed by atoms with Crippen molar-refractivity contribution < 1.29 is 0 Å². The van der Waals surface area contributed by atoms with Crippen molar-refractivity contribution in [3.05, 3.63) is 24.2 Å². The van der Waals surface area contributed by atoms with Gasteiger partial charge < -0.3 is 10.6 Å². The lowest BCUT2D eigenvalue weighted by Gasteiger charge is -2.23. The van der Waals surface area contributed by atoms with Crippen LogP contribution in [0.1, 0.15) is 56.6 Å². The van der Waals surface area contributed by atoms with Crippen molar-refractivity contribution >= 4 is 11.9 Å². The van der Waals surface area contributed by atoms with Gasteiger partial charge in [0.2, 0.25) is 11.9 Å². The minimum Gasteiger partial charge on any atom is -0.368 e. The SMILES string of the molecule is Nc1ncc(-c2cc(C3CCCCC3)nc(N3CCCC3)n2)cn1. The monoisotopic (exact) mass is 324 g/mol. The maximum atomic E-state index is 5.62. The van der Waals surface area contributed by atoms with Gasteiger partial charge in [-0.05, 0) is 31.7 Å². The van der Waals surface area contributed by atoms with Gasteiger partial charge in [-0.3, -0.25) is 0 Å². The Kier molecular flexibility index (Phi) is 4.28. The van der Waals surface area contributed by atoms with E-state index in [1.165, 1.54) is 50.6 Å². The van der Waals surface area contributed by atoms with Crippen LogP contribution in [0, 0.1) is 0 Å². The maximum absolute atomic E-state index is 5.62. The molecule has 1 saturated carbocycles. The van der Waals surface area contributed by atoms with Crippen LogP contribution in [0.5, 0.6) is 0 Å². The van der Waals surface area contributed by atoms with Gasteiger partial charge in [-0.2, -0.15) is 0 Å². The van der Waals surface area contributed by atoms with E-state index in [4.69, 9.17) is 15.7 Å². The highest BCUT2D eigenvalue weighted by molar-refractivity contribution is 5.60. The Labute approximate surface area is 142 Å². The van der Waals surface area contributed by atoms with E-state index in [-0.39, 0.29) is 0 Å². The molecule has 24 heavy (non-hydrogen) atoms. The van der Waals surface area contributed by atoms with E-state index in [1.54, 1.807) is 12.4 Å². The quantitative estimate of drug-likeness (QED) is 0.934. The molecule has 0 atom stereocenters. The molecule has 126 valence electrons. The number of hydrogen-bond acceptors (Lipinski definition) is 6. The van der Waals surface area contributed by atoms with Crippen LogP contribution < -0.4 is 10.6 Å². The summed E-state index contributed by atoms with van der Waals surface area (Å²) >= 11 is 0. The summed E-state index contributed by atoms with van der Waals surface area (Å²) in [6.45, 7) is 2.09. The van der Waals surface area contributed by atoms with E-state index in [1.807, 2.05) is 0 Å². The average molecular weight is 324 g/mol. The number of nitrogens with zero attached hydrogens (tertiary/aromatic N) is 5. The van der Waals surface area contributed by atoms with Crippen LogP contribution >= 0.6 is 0 Å². The second kappa shape index (κ2) is 6.71. The zero-order valence-electron chi connectivity index (χ0n) is 14.0. The molecule has 2 N–H and O–H groups in total. The van der Waals surface area contributed by atoms with Gasteiger partial charge in [0.1, 0.15) is 0 Å². The van der Waals surface area contributed by atoms with E-state index in [0.29, 0.717) is 11.9 Å². The van der Waals surface area contributed by atoms with Gasteiger partial charge in [0.15, 0.2) is 0 Å².